The lowest BCUT2D eigenvalue weighted by Gasteiger charge is -2.07. The summed E-state index contributed by atoms with van der Waals surface area (Å²) in [5.41, 5.74) is 5.14. The van der Waals surface area contributed by atoms with Crippen LogP contribution in [0.5, 0.6) is 0 Å². The fraction of sp³-hybridized carbons (Fsp3) is 0.0417. The molecule has 29 heavy (non-hydrogen) atoms. The average Bonchev–Trinajstić information content (AvgIpc) is 3.23. The van der Waals surface area contributed by atoms with Crippen LogP contribution >= 0.6 is 0 Å². The molecule has 0 aliphatic carbocycles. The van der Waals surface area contributed by atoms with Gasteiger partial charge in [-0.25, -0.2) is 9.37 Å². The van der Waals surface area contributed by atoms with Crippen LogP contribution in [0.1, 0.15) is 5.56 Å². The molecule has 0 saturated heterocycles. The van der Waals surface area contributed by atoms with Crippen molar-refractivity contribution in [2.75, 3.05) is 0 Å². The van der Waals surface area contributed by atoms with Gasteiger partial charge < -0.3 is 4.52 Å². The molecule has 0 bridgehead atoms. The lowest BCUT2D eigenvalue weighted by molar-refractivity contribution is 0.432. The highest BCUT2D eigenvalue weighted by atomic mass is 19.1. The van der Waals surface area contributed by atoms with Crippen LogP contribution in [0.4, 0.5) is 4.39 Å². The van der Waals surface area contributed by atoms with Crippen LogP contribution < -0.4 is 0 Å². The van der Waals surface area contributed by atoms with E-state index in [-0.39, 0.29) is 5.82 Å². The van der Waals surface area contributed by atoms with Crippen LogP contribution in [0.15, 0.2) is 83.4 Å². The maximum atomic E-state index is 13.3. The number of para-hydroxylation sites is 1. The molecule has 0 aliphatic heterocycles. The molecule has 140 valence electrons. The number of benzene rings is 3. The summed E-state index contributed by atoms with van der Waals surface area (Å²) in [6.07, 6.45) is 0. The first-order valence-electron chi connectivity index (χ1n) is 9.25. The fourth-order valence-corrected chi connectivity index (χ4v) is 3.39. The first-order chi connectivity index (χ1) is 14.2. The average molecular weight is 381 g/mol. The highest BCUT2D eigenvalue weighted by Gasteiger charge is 2.16. The van der Waals surface area contributed by atoms with Gasteiger partial charge in [-0.15, -0.1) is 0 Å². The van der Waals surface area contributed by atoms with Crippen LogP contribution in [0, 0.1) is 12.7 Å². The van der Waals surface area contributed by atoms with Crippen molar-refractivity contribution in [3.05, 3.63) is 90.2 Å². The molecule has 2 heterocycles. The molecule has 0 amide bonds. The second-order valence-corrected chi connectivity index (χ2v) is 6.82. The summed E-state index contributed by atoms with van der Waals surface area (Å²) in [4.78, 5) is 9.37. The van der Waals surface area contributed by atoms with E-state index in [1.165, 1.54) is 12.1 Å². The van der Waals surface area contributed by atoms with Crippen LogP contribution in [-0.2, 0) is 0 Å². The number of hydrogen-bond donors (Lipinski definition) is 0. The van der Waals surface area contributed by atoms with Gasteiger partial charge in [0, 0.05) is 16.5 Å². The van der Waals surface area contributed by atoms with Crippen molar-refractivity contribution < 1.29 is 8.91 Å². The van der Waals surface area contributed by atoms with E-state index in [4.69, 9.17) is 9.51 Å². The van der Waals surface area contributed by atoms with Gasteiger partial charge in [0.15, 0.2) is 0 Å². The van der Waals surface area contributed by atoms with E-state index in [0.717, 1.165) is 33.2 Å². The molecular formula is C24H16FN3O. The second-order valence-electron chi connectivity index (χ2n) is 6.82. The van der Waals surface area contributed by atoms with Crippen molar-refractivity contribution in [3.8, 4) is 34.1 Å². The number of hydrogen-bond acceptors (Lipinski definition) is 4. The third-order valence-electron chi connectivity index (χ3n) is 4.90. The van der Waals surface area contributed by atoms with Crippen molar-refractivity contribution in [2.45, 2.75) is 6.92 Å². The molecule has 0 fully saturated rings. The number of fused-ring (bicyclic) bond motifs is 1. The molecule has 0 N–H and O–H groups in total. The van der Waals surface area contributed by atoms with E-state index < -0.39 is 0 Å². The molecule has 0 aliphatic rings. The molecule has 0 saturated carbocycles. The van der Waals surface area contributed by atoms with Crippen LogP contribution in [0.2, 0.25) is 0 Å². The zero-order valence-corrected chi connectivity index (χ0v) is 15.6. The highest BCUT2D eigenvalue weighted by Crippen LogP contribution is 2.32. The Balaban J connectivity index is 1.68. The Morgan fingerprint density at radius 2 is 1.55 bits per heavy atom. The number of aryl methyl sites for hydroxylation is 1. The van der Waals surface area contributed by atoms with E-state index in [1.54, 1.807) is 12.1 Å². The molecule has 2 aromatic heterocycles. The first kappa shape index (κ1) is 17.3. The van der Waals surface area contributed by atoms with Gasteiger partial charge in [-0.2, -0.15) is 4.98 Å². The van der Waals surface area contributed by atoms with E-state index in [9.17, 15) is 4.39 Å². The molecule has 4 nitrogen and oxygen atoms in total. The topological polar surface area (TPSA) is 51.8 Å². The molecule has 5 rings (SSSR count). The third-order valence-corrected chi connectivity index (χ3v) is 4.90. The van der Waals surface area contributed by atoms with Gasteiger partial charge in [0.1, 0.15) is 5.82 Å². The predicted molar refractivity (Wildman–Crippen MR) is 111 cm³/mol. The molecule has 5 heteroatoms. The highest BCUT2D eigenvalue weighted by molar-refractivity contribution is 5.94. The number of halogens is 1. The van der Waals surface area contributed by atoms with Gasteiger partial charge in [-0.3, -0.25) is 0 Å². The lowest BCUT2D eigenvalue weighted by atomic mass is 10.0. The Morgan fingerprint density at radius 1 is 0.793 bits per heavy atom. The molecular weight excluding hydrogens is 365 g/mol. The van der Waals surface area contributed by atoms with E-state index in [0.29, 0.717) is 17.4 Å². The SMILES string of the molecule is Cc1ccccc1-c1noc(-c2cc(-c3ccc(F)cc3)nc3ccccc23)n1. The zero-order chi connectivity index (χ0) is 19.8. The van der Waals surface area contributed by atoms with Gasteiger partial charge in [-0.05, 0) is 48.9 Å². The number of pyridine rings is 1. The van der Waals surface area contributed by atoms with E-state index >= 15 is 0 Å². The van der Waals surface area contributed by atoms with Gasteiger partial charge >= 0.3 is 0 Å². The minimum atomic E-state index is -0.283. The van der Waals surface area contributed by atoms with Gasteiger partial charge in [-0.1, -0.05) is 47.6 Å². The molecule has 0 unspecified atom stereocenters. The summed E-state index contributed by atoms with van der Waals surface area (Å²) >= 11 is 0. The van der Waals surface area contributed by atoms with Gasteiger partial charge in [0.05, 0.1) is 16.8 Å². The van der Waals surface area contributed by atoms with Crippen molar-refractivity contribution in [1.29, 1.82) is 0 Å². The van der Waals surface area contributed by atoms with E-state index in [1.807, 2.05) is 61.5 Å². The molecule has 0 spiro atoms. The summed E-state index contributed by atoms with van der Waals surface area (Å²) in [5.74, 6) is 0.682. The summed E-state index contributed by atoms with van der Waals surface area (Å²) in [6, 6.07) is 23.9. The summed E-state index contributed by atoms with van der Waals surface area (Å²) in [7, 11) is 0. The van der Waals surface area contributed by atoms with Crippen molar-refractivity contribution in [1.82, 2.24) is 15.1 Å². The van der Waals surface area contributed by atoms with Crippen LogP contribution in [-0.4, -0.2) is 15.1 Å². The Kier molecular flexibility index (Phi) is 4.13. The Labute approximate surface area is 166 Å². The predicted octanol–water partition coefficient (Wildman–Crippen LogP) is 6.07. The van der Waals surface area contributed by atoms with E-state index in [2.05, 4.69) is 10.1 Å². The summed E-state index contributed by atoms with van der Waals surface area (Å²) in [5, 5.41) is 5.10. The maximum Gasteiger partial charge on any atom is 0.259 e. The standard InChI is InChI=1S/C24H16FN3O/c1-15-6-2-3-7-18(15)23-27-24(29-28-23)20-14-22(16-10-12-17(25)13-11-16)26-21-9-5-4-8-19(20)21/h2-14H,1H3. The van der Waals surface area contributed by atoms with Gasteiger partial charge in [0.25, 0.3) is 5.89 Å². The minimum absolute atomic E-state index is 0.283. The minimum Gasteiger partial charge on any atom is -0.334 e. The Morgan fingerprint density at radius 3 is 2.38 bits per heavy atom. The first-order valence-corrected chi connectivity index (χ1v) is 9.25. The van der Waals surface area contributed by atoms with Crippen molar-refractivity contribution in [3.63, 3.8) is 0 Å². The second kappa shape index (κ2) is 6.95. The Bertz CT molecular complexity index is 1330. The zero-order valence-electron chi connectivity index (χ0n) is 15.6. The summed E-state index contributed by atoms with van der Waals surface area (Å²) < 4.78 is 19.0. The molecule has 3 aromatic carbocycles. The van der Waals surface area contributed by atoms with Crippen molar-refractivity contribution in [2.24, 2.45) is 0 Å². The monoisotopic (exact) mass is 381 g/mol. The smallest absolute Gasteiger partial charge is 0.259 e. The van der Waals surface area contributed by atoms with Gasteiger partial charge in [0.2, 0.25) is 5.82 Å². The molecule has 5 aromatic rings. The fourth-order valence-electron chi connectivity index (χ4n) is 3.39. The molecule has 0 atom stereocenters. The maximum absolute atomic E-state index is 13.3. The number of rotatable bonds is 3. The Hall–Kier alpha value is -3.86. The van der Waals surface area contributed by atoms with Crippen molar-refractivity contribution >= 4 is 10.9 Å². The normalized spacial score (nSPS) is 11.1. The van der Waals surface area contributed by atoms with Crippen LogP contribution in [0.3, 0.4) is 0 Å². The van der Waals surface area contributed by atoms with Crippen LogP contribution in [0.25, 0.3) is 45.0 Å². The number of aromatic nitrogens is 3. The molecule has 0 radical (unpaired) electrons. The third kappa shape index (κ3) is 3.17. The quantitative estimate of drug-likeness (QED) is 0.381. The number of nitrogens with zero attached hydrogens (tertiary/aromatic N) is 3. The summed E-state index contributed by atoms with van der Waals surface area (Å²) in [6.45, 7) is 2.01. The lowest BCUT2D eigenvalue weighted by Crippen LogP contribution is -1.90. The largest absolute Gasteiger partial charge is 0.334 e.